The zero-order valence-corrected chi connectivity index (χ0v) is 7.59. The van der Waals surface area contributed by atoms with Gasteiger partial charge in [-0.3, -0.25) is 4.79 Å². The van der Waals surface area contributed by atoms with Crippen molar-refractivity contribution in [2.45, 2.75) is 33.6 Å². The minimum absolute atomic E-state index is 0.193. The van der Waals surface area contributed by atoms with Crippen molar-refractivity contribution in [3.05, 3.63) is 0 Å². The highest BCUT2D eigenvalue weighted by Crippen LogP contribution is 1.78. The van der Waals surface area contributed by atoms with E-state index in [9.17, 15) is 4.79 Å². The summed E-state index contributed by atoms with van der Waals surface area (Å²) >= 11 is 0. The van der Waals surface area contributed by atoms with E-state index < -0.39 is 0 Å². The molecule has 0 aliphatic carbocycles. The normalized spacial score (nSPS) is 8.00. The van der Waals surface area contributed by atoms with Gasteiger partial charge < -0.3 is 9.84 Å². The maximum atomic E-state index is 9.98. The summed E-state index contributed by atoms with van der Waals surface area (Å²) < 4.78 is 4.55. The first-order chi connectivity index (χ1) is 5.18. The monoisotopic (exact) mass is 162 g/mol. The Morgan fingerprint density at radius 3 is 1.91 bits per heavy atom. The standard InChI is InChI=1S/C5H10O2.C3H8O/c1-3-4-7-5(2)6;1-2-3-4/h3-4H2,1-2H3;4H,2-3H2,1H3. The molecule has 1 N–H and O–H groups in total. The fraction of sp³-hybridized carbons (Fsp3) is 0.875. The van der Waals surface area contributed by atoms with E-state index in [2.05, 4.69) is 4.74 Å². The van der Waals surface area contributed by atoms with E-state index in [1.807, 2.05) is 13.8 Å². The Morgan fingerprint density at radius 2 is 1.82 bits per heavy atom. The van der Waals surface area contributed by atoms with Gasteiger partial charge in [0.2, 0.25) is 0 Å². The third-order valence-corrected chi connectivity index (χ3v) is 0.733. The molecule has 0 spiro atoms. The van der Waals surface area contributed by atoms with Crippen LogP contribution in [0.4, 0.5) is 0 Å². The molecule has 0 heterocycles. The molecule has 0 amide bonds. The van der Waals surface area contributed by atoms with Crippen molar-refractivity contribution in [2.24, 2.45) is 0 Å². The van der Waals surface area contributed by atoms with Crippen LogP contribution in [0, 0.1) is 0 Å². The minimum atomic E-state index is -0.193. The lowest BCUT2D eigenvalue weighted by Gasteiger charge is -1.93. The molecule has 68 valence electrons. The van der Waals surface area contributed by atoms with Crippen LogP contribution in [0.5, 0.6) is 0 Å². The molecule has 3 nitrogen and oxygen atoms in total. The molecule has 0 aromatic rings. The van der Waals surface area contributed by atoms with Crippen molar-refractivity contribution in [3.8, 4) is 0 Å². The van der Waals surface area contributed by atoms with Crippen molar-refractivity contribution < 1.29 is 14.6 Å². The smallest absolute Gasteiger partial charge is 0.302 e. The minimum Gasteiger partial charge on any atom is -0.466 e. The molecule has 0 fully saturated rings. The summed E-state index contributed by atoms with van der Waals surface area (Å²) in [4.78, 5) is 9.98. The quantitative estimate of drug-likeness (QED) is 0.637. The van der Waals surface area contributed by atoms with Gasteiger partial charge in [-0.25, -0.2) is 0 Å². The lowest BCUT2D eigenvalue weighted by Crippen LogP contribution is -1.98. The zero-order valence-electron chi connectivity index (χ0n) is 7.59. The van der Waals surface area contributed by atoms with Gasteiger partial charge in [-0.1, -0.05) is 13.8 Å². The summed E-state index contributed by atoms with van der Waals surface area (Å²) in [5.41, 5.74) is 0. The topological polar surface area (TPSA) is 46.5 Å². The SMILES string of the molecule is CCCO.CCCOC(C)=O. The van der Waals surface area contributed by atoms with Gasteiger partial charge in [-0.15, -0.1) is 0 Å². The second kappa shape index (κ2) is 12.1. The van der Waals surface area contributed by atoms with Crippen molar-refractivity contribution in [1.29, 1.82) is 0 Å². The van der Waals surface area contributed by atoms with Gasteiger partial charge in [0.15, 0.2) is 0 Å². The Morgan fingerprint density at radius 1 is 1.36 bits per heavy atom. The maximum absolute atomic E-state index is 9.98. The Labute approximate surface area is 68.4 Å². The van der Waals surface area contributed by atoms with Gasteiger partial charge in [0.1, 0.15) is 0 Å². The summed E-state index contributed by atoms with van der Waals surface area (Å²) in [6, 6.07) is 0. The summed E-state index contributed by atoms with van der Waals surface area (Å²) in [5, 5.41) is 7.88. The van der Waals surface area contributed by atoms with Crippen molar-refractivity contribution in [2.75, 3.05) is 13.2 Å². The predicted molar refractivity (Wildman–Crippen MR) is 44.3 cm³/mol. The number of hydrogen-bond donors (Lipinski definition) is 1. The Hall–Kier alpha value is -0.570. The first kappa shape index (κ1) is 13.1. The molecule has 0 saturated carbocycles. The van der Waals surface area contributed by atoms with Gasteiger partial charge in [-0.05, 0) is 12.8 Å². The molecule has 0 saturated heterocycles. The average Bonchev–Trinajstić information content (AvgIpc) is 2.01. The number of carbonyl (C=O) groups is 1. The highest BCUT2D eigenvalue weighted by atomic mass is 16.5. The number of aliphatic hydroxyl groups excluding tert-OH is 1. The lowest BCUT2D eigenvalue weighted by molar-refractivity contribution is -0.140. The van der Waals surface area contributed by atoms with Gasteiger partial charge in [0, 0.05) is 13.5 Å². The molecular weight excluding hydrogens is 144 g/mol. The van der Waals surface area contributed by atoms with Crippen LogP contribution in [0.25, 0.3) is 0 Å². The number of aliphatic hydroxyl groups is 1. The van der Waals surface area contributed by atoms with E-state index in [0.29, 0.717) is 13.2 Å². The van der Waals surface area contributed by atoms with Crippen LogP contribution >= 0.6 is 0 Å². The fourth-order valence-electron chi connectivity index (χ4n) is 0.246. The van der Waals surface area contributed by atoms with Crippen molar-refractivity contribution >= 4 is 5.97 Å². The molecule has 0 rings (SSSR count). The Kier molecular flexibility index (Phi) is 14.4. The largest absolute Gasteiger partial charge is 0.466 e. The first-order valence-electron chi connectivity index (χ1n) is 3.93. The van der Waals surface area contributed by atoms with Crippen LogP contribution in [-0.2, 0) is 9.53 Å². The number of rotatable bonds is 3. The Bertz CT molecular complexity index is 79.4. The summed E-state index contributed by atoms with van der Waals surface area (Å²) in [5.74, 6) is -0.193. The van der Waals surface area contributed by atoms with E-state index in [4.69, 9.17) is 5.11 Å². The van der Waals surface area contributed by atoms with Crippen LogP contribution in [-0.4, -0.2) is 24.3 Å². The number of ether oxygens (including phenoxy) is 1. The van der Waals surface area contributed by atoms with Crippen LogP contribution in [0.15, 0.2) is 0 Å². The molecule has 0 aliphatic rings. The van der Waals surface area contributed by atoms with Crippen LogP contribution < -0.4 is 0 Å². The highest BCUT2D eigenvalue weighted by Gasteiger charge is 1.85. The van der Waals surface area contributed by atoms with Crippen LogP contribution in [0.2, 0.25) is 0 Å². The third-order valence-electron chi connectivity index (χ3n) is 0.733. The zero-order chi connectivity index (χ0) is 9.11. The lowest BCUT2D eigenvalue weighted by atomic mass is 10.5. The summed E-state index contributed by atoms with van der Waals surface area (Å²) in [7, 11) is 0. The van der Waals surface area contributed by atoms with Crippen molar-refractivity contribution in [3.63, 3.8) is 0 Å². The molecule has 11 heavy (non-hydrogen) atoms. The van der Waals surface area contributed by atoms with Gasteiger partial charge in [-0.2, -0.15) is 0 Å². The highest BCUT2D eigenvalue weighted by molar-refractivity contribution is 5.65. The molecule has 0 unspecified atom stereocenters. The molecule has 0 aliphatic heterocycles. The molecular formula is C8H18O3. The first-order valence-corrected chi connectivity index (χ1v) is 3.93. The number of carbonyl (C=O) groups excluding carboxylic acids is 1. The van der Waals surface area contributed by atoms with E-state index >= 15 is 0 Å². The average molecular weight is 162 g/mol. The predicted octanol–water partition coefficient (Wildman–Crippen LogP) is 1.35. The number of esters is 1. The molecule has 0 atom stereocenters. The van der Waals surface area contributed by atoms with Crippen LogP contribution in [0.3, 0.4) is 0 Å². The molecule has 0 radical (unpaired) electrons. The second-order valence-corrected chi connectivity index (χ2v) is 2.06. The van der Waals surface area contributed by atoms with Crippen LogP contribution in [0.1, 0.15) is 33.6 Å². The maximum Gasteiger partial charge on any atom is 0.302 e. The number of hydrogen-bond acceptors (Lipinski definition) is 3. The molecule has 0 aromatic carbocycles. The van der Waals surface area contributed by atoms with Gasteiger partial charge >= 0.3 is 5.97 Å². The van der Waals surface area contributed by atoms with Gasteiger partial charge in [0.05, 0.1) is 6.61 Å². The molecule has 0 aromatic heterocycles. The van der Waals surface area contributed by atoms with Crippen molar-refractivity contribution in [1.82, 2.24) is 0 Å². The molecule has 3 heteroatoms. The molecule has 0 bridgehead atoms. The van der Waals surface area contributed by atoms with E-state index in [1.165, 1.54) is 6.92 Å². The summed E-state index contributed by atoms with van der Waals surface area (Å²) in [6.45, 7) is 6.17. The van der Waals surface area contributed by atoms with E-state index in [-0.39, 0.29) is 5.97 Å². The van der Waals surface area contributed by atoms with E-state index in [1.54, 1.807) is 0 Å². The van der Waals surface area contributed by atoms with Gasteiger partial charge in [0.25, 0.3) is 0 Å². The fourth-order valence-corrected chi connectivity index (χ4v) is 0.246. The Balaban J connectivity index is 0. The van der Waals surface area contributed by atoms with E-state index in [0.717, 1.165) is 12.8 Å². The second-order valence-electron chi connectivity index (χ2n) is 2.06. The summed E-state index contributed by atoms with van der Waals surface area (Å²) in [6.07, 6.45) is 1.78. The third kappa shape index (κ3) is 26.5.